The molecule has 5 heteroatoms. The van der Waals surface area contributed by atoms with Gasteiger partial charge in [-0.2, -0.15) is 0 Å². The lowest BCUT2D eigenvalue weighted by Crippen LogP contribution is -2.13. The summed E-state index contributed by atoms with van der Waals surface area (Å²) in [4.78, 5) is 10.8. The molecule has 56 valence electrons. The summed E-state index contributed by atoms with van der Waals surface area (Å²) in [6, 6.07) is 1.34. The normalized spacial score (nSPS) is 10.2. The van der Waals surface area contributed by atoms with E-state index >= 15 is 0 Å². The molecule has 1 heterocycles. The predicted octanol–water partition coefficient (Wildman–Crippen LogP) is 0.555. The second-order valence-electron chi connectivity index (χ2n) is 1.70. The van der Waals surface area contributed by atoms with Crippen molar-refractivity contribution >= 4 is 23.1 Å². The maximum absolute atomic E-state index is 10.8. The van der Waals surface area contributed by atoms with Crippen molar-refractivity contribution in [3.8, 4) is 0 Å². The zero-order valence-electron chi connectivity index (χ0n) is 5.08. The van der Waals surface area contributed by atoms with Crippen molar-refractivity contribution < 1.29 is 5.11 Å². The van der Waals surface area contributed by atoms with Crippen LogP contribution in [0.3, 0.4) is 0 Å². The van der Waals surface area contributed by atoms with E-state index in [-0.39, 0.29) is 12.2 Å². The summed E-state index contributed by atoms with van der Waals surface area (Å²) in [7, 11) is 0. The van der Waals surface area contributed by atoms with E-state index in [1.54, 1.807) is 0 Å². The van der Waals surface area contributed by atoms with Crippen molar-refractivity contribution in [1.82, 2.24) is 3.96 Å². The van der Waals surface area contributed by atoms with Gasteiger partial charge in [-0.3, -0.25) is 8.75 Å². The number of halogens is 1. The van der Waals surface area contributed by atoms with E-state index in [9.17, 15) is 4.79 Å². The summed E-state index contributed by atoms with van der Waals surface area (Å²) in [5.74, 6) is 0. The molecule has 0 fully saturated rings. The van der Waals surface area contributed by atoms with Crippen LogP contribution in [0.5, 0.6) is 0 Å². The summed E-state index contributed by atoms with van der Waals surface area (Å²) in [5, 5.41) is 8.46. The molecule has 0 amide bonds. The Balaban J connectivity index is 2.92. The standard InChI is InChI=1S/C5H6ClNO2S/c6-4-3-5(9)7(10-4)1-2-8/h3,8H,1-2H2. The molecular formula is C5H6ClNO2S. The van der Waals surface area contributed by atoms with Crippen molar-refractivity contribution in [3.63, 3.8) is 0 Å². The quantitative estimate of drug-likeness (QED) is 0.721. The molecule has 0 aliphatic rings. The smallest absolute Gasteiger partial charge is 0.262 e. The van der Waals surface area contributed by atoms with E-state index < -0.39 is 0 Å². The molecule has 0 radical (unpaired) electrons. The Bertz CT molecular complexity index is 267. The first-order valence-electron chi connectivity index (χ1n) is 2.71. The number of aliphatic hydroxyl groups excluding tert-OH is 1. The van der Waals surface area contributed by atoms with Gasteiger partial charge in [-0.15, -0.1) is 0 Å². The number of hydrogen-bond acceptors (Lipinski definition) is 3. The lowest BCUT2D eigenvalue weighted by atomic mass is 10.7. The fraction of sp³-hybridized carbons (Fsp3) is 0.400. The first-order chi connectivity index (χ1) is 4.74. The van der Waals surface area contributed by atoms with Crippen LogP contribution in [-0.4, -0.2) is 15.7 Å². The highest BCUT2D eigenvalue weighted by molar-refractivity contribution is 7.11. The first-order valence-corrected chi connectivity index (χ1v) is 3.86. The lowest BCUT2D eigenvalue weighted by molar-refractivity contribution is 0.279. The summed E-state index contributed by atoms with van der Waals surface area (Å²) >= 11 is 6.67. The average Bonchev–Trinajstić information content (AvgIpc) is 2.13. The molecule has 3 nitrogen and oxygen atoms in total. The second kappa shape index (κ2) is 3.18. The zero-order chi connectivity index (χ0) is 7.56. The van der Waals surface area contributed by atoms with Gasteiger partial charge >= 0.3 is 0 Å². The summed E-state index contributed by atoms with van der Waals surface area (Å²) in [5.41, 5.74) is -0.149. The highest BCUT2D eigenvalue weighted by Gasteiger charge is 1.99. The topological polar surface area (TPSA) is 42.2 Å². The molecule has 10 heavy (non-hydrogen) atoms. The van der Waals surface area contributed by atoms with Gasteiger partial charge in [-0.05, 0) is 11.5 Å². The minimum Gasteiger partial charge on any atom is -0.394 e. The lowest BCUT2D eigenvalue weighted by Gasteiger charge is -1.91. The number of aliphatic hydroxyl groups is 1. The fourth-order valence-electron chi connectivity index (χ4n) is 0.592. The molecule has 1 rings (SSSR count). The average molecular weight is 180 g/mol. The van der Waals surface area contributed by atoms with Crippen molar-refractivity contribution in [2.45, 2.75) is 6.54 Å². The Labute approximate surface area is 66.6 Å². The van der Waals surface area contributed by atoms with Crippen molar-refractivity contribution in [3.05, 3.63) is 20.8 Å². The van der Waals surface area contributed by atoms with Gasteiger partial charge in [0.1, 0.15) is 4.34 Å². The van der Waals surface area contributed by atoms with E-state index in [4.69, 9.17) is 16.7 Å². The molecule has 0 bridgehead atoms. The van der Waals surface area contributed by atoms with Gasteiger partial charge in [0.25, 0.3) is 5.56 Å². The summed E-state index contributed by atoms with van der Waals surface area (Å²) in [6.45, 7) is 0.299. The van der Waals surface area contributed by atoms with Gasteiger partial charge in [0, 0.05) is 6.07 Å². The number of aromatic nitrogens is 1. The SMILES string of the molecule is O=c1cc(Cl)sn1CCO. The van der Waals surface area contributed by atoms with E-state index in [2.05, 4.69) is 0 Å². The van der Waals surface area contributed by atoms with Gasteiger partial charge < -0.3 is 5.11 Å². The Morgan fingerprint density at radius 1 is 1.80 bits per heavy atom. The Morgan fingerprint density at radius 3 is 2.90 bits per heavy atom. The fourth-order valence-corrected chi connectivity index (χ4v) is 1.62. The van der Waals surface area contributed by atoms with Crippen LogP contribution < -0.4 is 5.56 Å². The van der Waals surface area contributed by atoms with Crippen LogP contribution >= 0.6 is 23.1 Å². The monoisotopic (exact) mass is 179 g/mol. The maximum atomic E-state index is 10.8. The highest BCUT2D eigenvalue weighted by atomic mass is 35.5. The van der Waals surface area contributed by atoms with Crippen LogP contribution in [0, 0.1) is 0 Å². The molecule has 0 aromatic carbocycles. The van der Waals surface area contributed by atoms with Gasteiger partial charge in [0.15, 0.2) is 0 Å². The highest BCUT2D eigenvalue weighted by Crippen LogP contribution is 2.11. The molecule has 0 aliphatic heterocycles. The van der Waals surface area contributed by atoms with E-state index in [1.165, 1.54) is 10.0 Å². The number of rotatable bonds is 2. The molecule has 0 unspecified atom stereocenters. The van der Waals surface area contributed by atoms with Crippen LogP contribution in [0.15, 0.2) is 10.9 Å². The second-order valence-corrected chi connectivity index (χ2v) is 3.40. The predicted molar refractivity (Wildman–Crippen MR) is 40.7 cm³/mol. The molecule has 0 aliphatic carbocycles. The third-order valence-electron chi connectivity index (χ3n) is 0.983. The van der Waals surface area contributed by atoms with Crippen molar-refractivity contribution in [2.75, 3.05) is 6.61 Å². The van der Waals surface area contributed by atoms with Crippen LogP contribution in [0.1, 0.15) is 0 Å². The molecule has 0 saturated carbocycles. The molecule has 0 spiro atoms. The molecule has 1 aromatic rings. The van der Waals surface area contributed by atoms with Crippen LogP contribution in [0.2, 0.25) is 4.34 Å². The largest absolute Gasteiger partial charge is 0.394 e. The van der Waals surface area contributed by atoms with Crippen LogP contribution in [-0.2, 0) is 6.54 Å². The molecule has 0 atom stereocenters. The van der Waals surface area contributed by atoms with Crippen molar-refractivity contribution in [1.29, 1.82) is 0 Å². The van der Waals surface area contributed by atoms with Gasteiger partial charge in [-0.25, -0.2) is 0 Å². The van der Waals surface area contributed by atoms with Crippen LogP contribution in [0.25, 0.3) is 0 Å². The summed E-state index contributed by atoms with van der Waals surface area (Å²) in [6.07, 6.45) is 0. The van der Waals surface area contributed by atoms with E-state index in [0.29, 0.717) is 10.9 Å². The van der Waals surface area contributed by atoms with Crippen LogP contribution in [0.4, 0.5) is 0 Å². The molecule has 1 aromatic heterocycles. The first kappa shape index (κ1) is 7.78. The molecule has 0 saturated heterocycles. The zero-order valence-corrected chi connectivity index (χ0v) is 6.65. The minimum atomic E-state index is -0.149. The number of hydrogen-bond donors (Lipinski definition) is 1. The van der Waals surface area contributed by atoms with E-state index in [0.717, 1.165) is 11.5 Å². The molecular weight excluding hydrogens is 174 g/mol. The Morgan fingerprint density at radius 2 is 2.50 bits per heavy atom. The molecule has 1 N–H and O–H groups in total. The maximum Gasteiger partial charge on any atom is 0.262 e. The minimum absolute atomic E-state index is 0.0310. The van der Waals surface area contributed by atoms with Gasteiger partial charge in [0.2, 0.25) is 0 Å². The van der Waals surface area contributed by atoms with Gasteiger partial charge in [-0.1, -0.05) is 11.6 Å². The Hall–Kier alpha value is -0.320. The number of nitrogens with zero attached hydrogens (tertiary/aromatic N) is 1. The third kappa shape index (κ3) is 1.59. The Kier molecular flexibility index (Phi) is 2.48. The summed E-state index contributed by atoms with van der Waals surface area (Å²) < 4.78 is 1.86. The third-order valence-corrected chi connectivity index (χ3v) is 2.17. The van der Waals surface area contributed by atoms with Gasteiger partial charge in [0.05, 0.1) is 13.2 Å². The van der Waals surface area contributed by atoms with E-state index in [1.807, 2.05) is 0 Å². The van der Waals surface area contributed by atoms with Crippen molar-refractivity contribution in [2.24, 2.45) is 0 Å².